The van der Waals surface area contributed by atoms with E-state index in [2.05, 4.69) is 21.1 Å². The van der Waals surface area contributed by atoms with Crippen LogP contribution in [0.1, 0.15) is 38.8 Å². The minimum absolute atomic E-state index is 0.0693. The molecule has 2 amide bonds. The Hall–Kier alpha value is -5.09. The van der Waals surface area contributed by atoms with Crippen molar-refractivity contribution in [3.8, 4) is 0 Å². The quantitative estimate of drug-likeness (QED) is 0.130. The van der Waals surface area contributed by atoms with Crippen LogP contribution in [-0.4, -0.2) is 69.0 Å². The number of hydrazone groups is 2. The molecule has 0 heterocycles. The van der Waals surface area contributed by atoms with Gasteiger partial charge in [0.05, 0.1) is 12.4 Å². The van der Waals surface area contributed by atoms with Gasteiger partial charge >= 0.3 is 18.5 Å². The first-order chi connectivity index (χ1) is 21.9. The molecule has 0 aliphatic rings. The van der Waals surface area contributed by atoms with Crippen LogP contribution in [0.5, 0.6) is 0 Å². The second kappa shape index (κ2) is 15.5. The van der Waals surface area contributed by atoms with Crippen molar-refractivity contribution >= 4 is 35.6 Å². The summed E-state index contributed by atoms with van der Waals surface area (Å²) in [5, 5.41) is 7.66. The minimum atomic E-state index is -4.88. The summed E-state index contributed by atoms with van der Waals surface area (Å²) in [6.07, 6.45) is -11.6. The molecule has 0 bridgehead atoms. The molecule has 252 valence electrons. The number of alkyl halides is 9. The van der Waals surface area contributed by atoms with Gasteiger partial charge in [-0.2, -0.15) is 49.7 Å². The molecule has 0 unspecified atom stereocenters. The van der Waals surface area contributed by atoms with E-state index in [0.29, 0.717) is 16.8 Å². The van der Waals surface area contributed by atoms with Crippen molar-refractivity contribution in [2.45, 2.75) is 25.5 Å². The summed E-state index contributed by atoms with van der Waals surface area (Å²) in [5.41, 5.74) is 5.53. The number of carbonyl (C=O) groups excluding carboxylic acids is 2. The molecular formula is C30H27F9N6O2. The van der Waals surface area contributed by atoms with Crippen molar-refractivity contribution in [2.75, 3.05) is 36.0 Å². The van der Waals surface area contributed by atoms with E-state index in [9.17, 15) is 49.1 Å². The Bertz CT molecular complexity index is 1540. The van der Waals surface area contributed by atoms with E-state index in [1.165, 1.54) is 36.7 Å². The molecule has 0 aliphatic carbocycles. The van der Waals surface area contributed by atoms with Crippen molar-refractivity contribution in [1.29, 1.82) is 0 Å². The van der Waals surface area contributed by atoms with Gasteiger partial charge in [-0.25, -0.2) is 10.9 Å². The van der Waals surface area contributed by atoms with E-state index >= 15 is 0 Å². The molecule has 0 atom stereocenters. The number of amides is 2. The minimum Gasteiger partial charge on any atom is -0.363 e. The predicted molar refractivity (Wildman–Crippen MR) is 158 cm³/mol. The summed E-state index contributed by atoms with van der Waals surface area (Å²) in [6.45, 7) is -3.10. The molecule has 3 aromatic carbocycles. The molecule has 3 aromatic rings. The fourth-order valence-corrected chi connectivity index (χ4v) is 4.10. The first-order valence-corrected chi connectivity index (χ1v) is 13.6. The van der Waals surface area contributed by atoms with Crippen LogP contribution in [0.3, 0.4) is 0 Å². The molecule has 0 saturated carbocycles. The normalized spacial score (nSPS) is 12.4. The van der Waals surface area contributed by atoms with Gasteiger partial charge in [0.2, 0.25) is 0 Å². The first kappa shape index (κ1) is 36.4. The molecule has 17 heteroatoms. The maximum Gasteiger partial charge on any atom is 0.405 e. The molecule has 0 fully saturated rings. The maximum atomic E-state index is 12.8. The zero-order valence-corrected chi connectivity index (χ0v) is 24.4. The third-order valence-corrected chi connectivity index (χ3v) is 6.15. The predicted octanol–water partition coefficient (Wildman–Crippen LogP) is 6.53. The van der Waals surface area contributed by atoms with E-state index < -0.39 is 50.0 Å². The van der Waals surface area contributed by atoms with Crippen LogP contribution >= 0.6 is 0 Å². The van der Waals surface area contributed by atoms with Crippen LogP contribution in [0.15, 0.2) is 83.0 Å². The van der Waals surface area contributed by atoms with Crippen LogP contribution in [0, 0.1) is 0 Å². The Morgan fingerprint density at radius 2 is 0.979 bits per heavy atom. The van der Waals surface area contributed by atoms with Gasteiger partial charge in [-0.1, -0.05) is 18.2 Å². The van der Waals surface area contributed by atoms with Gasteiger partial charge in [-0.15, -0.1) is 0 Å². The highest BCUT2D eigenvalue weighted by atomic mass is 19.4. The monoisotopic (exact) mass is 674 g/mol. The molecule has 0 saturated heterocycles. The number of halogens is 9. The van der Waals surface area contributed by atoms with Crippen molar-refractivity contribution in [3.63, 3.8) is 0 Å². The molecule has 2 N–H and O–H groups in total. The van der Waals surface area contributed by atoms with Crippen molar-refractivity contribution in [1.82, 2.24) is 10.9 Å². The average Bonchev–Trinajstić information content (AvgIpc) is 2.98. The topological polar surface area (TPSA) is 89.4 Å². The van der Waals surface area contributed by atoms with E-state index in [0.717, 1.165) is 29.2 Å². The lowest BCUT2D eigenvalue weighted by atomic mass is 10.1. The molecule has 0 aliphatic heterocycles. The Kier molecular flexibility index (Phi) is 12.0. The summed E-state index contributed by atoms with van der Waals surface area (Å²) < 4.78 is 115. The molecule has 0 radical (unpaired) electrons. The number of nitrogens with zero attached hydrogens (tertiary/aromatic N) is 4. The number of anilines is 2. The van der Waals surface area contributed by atoms with Crippen LogP contribution in [0.2, 0.25) is 0 Å². The molecule has 47 heavy (non-hydrogen) atoms. The fraction of sp³-hybridized carbons (Fsp3) is 0.267. The molecule has 0 aromatic heterocycles. The highest BCUT2D eigenvalue weighted by Gasteiger charge is 2.37. The van der Waals surface area contributed by atoms with Crippen molar-refractivity contribution in [3.05, 3.63) is 95.1 Å². The second-order valence-electron chi connectivity index (χ2n) is 9.88. The summed E-state index contributed by atoms with van der Waals surface area (Å²) in [7, 11) is 0. The molecule has 3 rings (SSSR count). The summed E-state index contributed by atoms with van der Waals surface area (Å²) in [6, 6.07) is 16.1. The highest BCUT2D eigenvalue weighted by molar-refractivity contribution is 5.96. The molecule has 8 nitrogen and oxygen atoms in total. The zero-order valence-electron chi connectivity index (χ0n) is 24.4. The third kappa shape index (κ3) is 12.7. The van der Waals surface area contributed by atoms with E-state index in [1.807, 2.05) is 0 Å². The van der Waals surface area contributed by atoms with Gasteiger partial charge in [-0.3, -0.25) is 9.59 Å². The average molecular weight is 675 g/mol. The van der Waals surface area contributed by atoms with Crippen LogP contribution in [0.25, 0.3) is 0 Å². The SMILES string of the molecule is CCN(CC(F)(F)F)c1ccc(C(=O)N/N=C/c2cccc(/C=N/NC(=O)c3ccc(N(CC(F)(F)F)CC(F)(F)F)cc3)c2)cc1. The van der Waals surface area contributed by atoms with Crippen LogP contribution in [-0.2, 0) is 0 Å². The van der Waals surface area contributed by atoms with Gasteiger partial charge in [-0.05, 0) is 72.6 Å². The number of hydrogen-bond acceptors (Lipinski definition) is 6. The lowest BCUT2D eigenvalue weighted by Crippen LogP contribution is -2.40. The Morgan fingerprint density at radius 3 is 1.34 bits per heavy atom. The Balaban J connectivity index is 1.56. The van der Waals surface area contributed by atoms with Crippen molar-refractivity contribution in [2.24, 2.45) is 10.2 Å². The standard InChI is InChI=1S/C30H27F9N6O2/c1-2-44(17-28(31,32)33)24-10-6-22(7-11-24)26(46)42-40-15-20-4-3-5-21(14-20)16-41-43-27(47)23-8-12-25(13-9-23)45(18-29(34,35)36)19-30(37,38)39/h3-16H,2,17-19H2,1H3,(H,42,46)(H,43,47)/b40-15+,41-16+. The Labute approximate surface area is 262 Å². The first-order valence-electron chi connectivity index (χ1n) is 13.6. The fourth-order valence-electron chi connectivity index (χ4n) is 4.10. The van der Waals surface area contributed by atoms with Gasteiger partial charge in [0.1, 0.15) is 19.6 Å². The zero-order chi connectivity index (χ0) is 34.8. The van der Waals surface area contributed by atoms with Crippen LogP contribution in [0.4, 0.5) is 50.9 Å². The number of hydrogen-bond donors (Lipinski definition) is 2. The van der Waals surface area contributed by atoms with E-state index in [4.69, 9.17) is 0 Å². The molecule has 0 spiro atoms. The summed E-state index contributed by atoms with van der Waals surface area (Å²) >= 11 is 0. The number of rotatable bonds is 12. The second-order valence-corrected chi connectivity index (χ2v) is 9.88. The summed E-state index contributed by atoms with van der Waals surface area (Å²) in [4.78, 5) is 26.0. The lowest BCUT2D eigenvalue weighted by molar-refractivity contribution is -0.137. The number of nitrogens with one attached hydrogen (secondary N) is 2. The smallest absolute Gasteiger partial charge is 0.363 e. The maximum absolute atomic E-state index is 12.8. The van der Waals surface area contributed by atoms with Gasteiger partial charge in [0, 0.05) is 29.0 Å². The van der Waals surface area contributed by atoms with Gasteiger partial charge in [0.15, 0.2) is 0 Å². The number of benzene rings is 3. The van der Waals surface area contributed by atoms with E-state index in [-0.39, 0.29) is 28.3 Å². The van der Waals surface area contributed by atoms with Gasteiger partial charge < -0.3 is 9.80 Å². The van der Waals surface area contributed by atoms with Gasteiger partial charge in [0.25, 0.3) is 11.8 Å². The molecular weight excluding hydrogens is 647 g/mol. The highest BCUT2D eigenvalue weighted by Crippen LogP contribution is 2.27. The third-order valence-electron chi connectivity index (χ3n) is 6.15. The van der Waals surface area contributed by atoms with Crippen molar-refractivity contribution < 1.29 is 49.1 Å². The number of carbonyl (C=O) groups is 2. The lowest BCUT2D eigenvalue weighted by Gasteiger charge is -2.27. The summed E-state index contributed by atoms with van der Waals surface area (Å²) in [5.74, 6) is -1.38. The Morgan fingerprint density at radius 1 is 0.617 bits per heavy atom. The van der Waals surface area contributed by atoms with Crippen LogP contribution < -0.4 is 20.7 Å². The van der Waals surface area contributed by atoms with E-state index in [1.54, 1.807) is 31.2 Å². The largest absolute Gasteiger partial charge is 0.405 e.